The number of primary sulfonamides is 1. The number of hydrogen-bond acceptors (Lipinski definition) is 4. The smallest absolute Gasteiger partial charge is 0.238 e. The zero-order chi connectivity index (χ0) is 14.9. The van der Waals surface area contributed by atoms with Gasteiger partial charge in [0.1, 0.15) is 5.75 Å². The van der Waals surface area contributed by atoms with E-state index in [4.69, 9.17) is 15.6 Å². The number of halogens is 1. The van der Waals surface area contributed by atoms with Crippen LogP contribution >= 0.6 is 0 Å². The molecular weight excluding hydrogens is 283 g/mol. The first-order valence-corrected chi connectivity index (χ1v) is 7.19. The normalized spacial score (nSPS) is 11.3. The molecule has 4 N–H and O–H groups in total. The minimum absolute atomic E-state index is 0.0263. The first-order valence-electron chi connectivity index (χ1n) is 5.64. The number of nitrogen functional groups attached to an aromatic ring is 1. The molecule has 7 heteroatoms. The Kier molecular flexibility index (Phi) is 3.65. The molecule has 20 heavy (non-hydrogen) atoms. The van der Waals surface area contributed by atoms with Gasteiger partial charge in [0.15, 0.2) is 11.6 Å². The van der Waals surface area contributed by atoms with E-state index in [2.05, 4.69) is 0 Å². The van der Waals surface area contributed by atoms with Crippen molar-refractivity contribution in [3.63, 3.8) is 0 Å². The van der Waals surface area contributed by atoms with Gasteiger partial charge in [-0.3, -0.25) is 0 Å². The Morgan fingerprint density at radius 2 is 1.80 bits per heavy atom. The van der Waals surface area contributed by atoms with Crippen molar-refractivity contribution in [2.75, 3.05) is 5.73 Å². The number of ether oxygens (including phenoxy) is 1. The molecule has 0 fully saturated rings. The van der Waals surface area contributed by atoms with Crippen LogP contribution in [0.4, 0.5) is 10.1 Å². The van der Waals surface area contributed by atoms with E-state index < -0.39 is 15.8 Å². The van der Waals surface area contributed by atoms with Crippen molar-refractivity contribution >= 4 is 15.7 Å². The van der Waals surface area contributed by atoms with E-state index in [1.807, 2.05) is 0 Å². The summed E-state index contributed by atoms with van der Waals surface area (Å²) >= 11 is 0. The van der Waals surface area contributed by atoms with Gasteiger partial charge in [0.2, 0.25) is 10.0 Å². The quantitative estimate of drug-likeness (QED) is 0.848. The van der Waals surface area contributed by atoms with Gasteiger partial charge in [-0.15, -0.1) is 0 Å². The summed E-state index contributed by atoms with van der Waals surface area (Å²) in [6.07, 6.45) is 0. The molecule has 0 bridgehead atoms. The predicted molar refractivity (Wildman–Crippen MR) is 73.4 cm³/mol. The maximum atomic E-state index is 13.5. The van der Waals surface area contributed by atoms with Crippen molar-refractivity contribution in [2.45, 2.75) is 11.8 Å². The molecule has 106 valence electrons. The van der Waals surface area contributed by atoms with E-state index in [0.29, 0.717) is 0 Å². The summed E-state index contributed by atoms with van der Waals surface area (Å²) in [5.41, 5.74) is 6.05. The molecule has 2 rings (SSSR count). The molecule has 0 saturated carbocycles. The topological polar surface area (TPSA) is 95.4 Å². The summed E-state index contributed by atoms with van der Waals surface area (Å²) < 4.78 is 41.9. The standard InChI is InChI=1S/C13H13FN2O3S/c1-8-12(19-11-5-3-2-4-10(11)14)6-9(15)7-13(8)20(16,17)18/h2-7H,15H2,1H3,(H2,16,17,18). The fraction of sp³-hybridized carbons (Fsp3) is 0.0769. The van der Waals surface area contributed by atoms with Crippen LogP contribution < -0.4 is 15.6 Å². The Morgan fingerprint density at radius 1 is 1.15 bits per heavy atom. The molecule has 0 aromatic heterocycles. The van der Waals surface area contributed by atoms with Crippen LogP contribution in [0.15, 0.2) is 41.3 Å². The molecule has 0 atom stereocenters. The largest absolute Gasteiger partial charge is 0.454 e. The van der Waals surface area contributed by atoms with Gasteiger partial charge in [0, 0.05) is 17.3 Å². The lowest BCUT2D eigenvalue weighted by molar-refractivity contribution is 0.438. The number of anilines is 1. The highest BCUT2D eigenvalue weighted by Crippen LogP contribution is 2.32. The summed E-state index contributed by atoms with van der Waals surface area (Å²) in [5.74, 6) is -0.452. The molecule has 5 nitrogen and oxygen atoms in total. The monoisotopic (exact) mass is 296 g/mol. The van der Waals surface area contributed by atoms with Gasteiger partial charge in [-0.05, 0) is 25.1 Å². The van der Waals surface area contributed by atoms with Crippen LogP contribution in [0.2, 0.25) is 0 Å². The van der Waals surface area contributed by atoms with Gasteiger partial charge >= 0.3 is 0 Å². The number of rotatable bonds is 3. The second-order valence-corrected chi connectivity index (χ2v) is 5.75. The third-order valence-corrected chi connectivity index (χ3v) is 3.73. The van der Waals surface area contributed by atoms with Crippen molar-refractivity contribution in [3.8, 4) is 11.5 Å². The van der Waals surface area contributed by atoms with Gasteiger partial charge in [-0.1, -0.05) is 12.1 Å². The fourth-order valence-electron chi connectivity index (χ4n) is 1.73. The Balaban J connectivity index is 2.54. The molecule has 2 aromatic rings. The molecule has 0 aliphatic rings. The van der Waals surface area contributed by atoms with Crippen LogP contribution in [0, 0.1) is 12.7 Å². The van der Waals surface area contributed by atoms with Gasteiger partial charge in [-0.25, -0.2) is 17.9 Å². The van der Waals surface area contributed by atoms with Crippen molar-refractivity contribution in [1.82, 2.24) is 0 Å². The average molecular weight is 296 g/mol. The lowest BCUT2D eigenvalue weighted by Crippen LogP contribution is -2.14. The number of benzene rings is 2. The number of nitrogens with two attached hydrogens (primary N) is 2. The number of sulfonamides is 1. The molecule has 0 aliphatic heterocycles. The Hall–Kier alpha value is -2.12. The highest BCUT2D eigenvalue weighted by molar-refractivity contribution is 7.89. The lowest BCUT2D eigenvalue weighted by atomic mass is 10.2. The second-order valence-electron chi connectivity index (χ2n) is 4.22. The molecule has 0 saturated heterocycles. The molecule has 0 unspecified atom stereocenters. The van der Waals surface area contributed by atoms with Gasteiger partial charge in [-0.2, -0.15) is 0 Å². The molecule has 0 aliphatic carbocycles. The van der Waals surface area contributed by atoms with Crippen LogP contribution in [-0.2, 0) is 10.0 Å². The van der Waals surface area contributed by atoms with Crippen LogP contribution in [0.25, 0.3) is 0 Å². The third kappa shape index (κ3) is 2.89. The molecule has 0 heterocycles. The van der Waals surface area contributed by atoms with Crippen LogP contribution in [0.5, 0.6) is 11.5 Å². The van der Waals surface area contributed by atoms with Crippen molar-refractivity contribution < 1.29 is 17.5 Å². The van der Waals surface area contributed by atoms with E-state index in [0.717, 1.165) is 0 Å². The van der Waals surface area contributed by atoms with Crippen molar-refractivity contribution in [3.05, 3.63) is 47.8 Å². The van der Waals surface area contributed by atoms with Crippen molar-refractivity contribution in [2.24, 2.45) is 5.14 Å². The first kappa shape index (κ1) is 14.3. The van der Waals surface area contributed by atoms with Crippen LogP contribution in [-0.4, -0.2) is 8.42 Å². The maximum Gasteiger partial charge on any atom is 0.238 e. The fourth-order valence-corrected chi connectivity index (χ4v) is 2.56. The molecule has 0 spiro atoms. The predicted octanol–water partition coefficient (Wildman–Crippen LogP) is 2.16. The highest BCUT2D eigenvalue weighted by atomic mass is 32.2. The number of hydrogen-bond donors (Lipinski definition) is 2. The summed E-state index contributed by atoms with van der Waals surface area (Å²) in [6, 6.07) is 8.42. The minimum atomic E-state index is -3.93. The Labute approximate surface area is 116 Å². The third-order valence-electron chi connectivity index (χ3n) is 2.70. The zero-order valence-corrected chi connectivity index (χ0v) is 11.4. The Morgan fingerprint density at radius 3 is 2.40 bits per heavy atom. The van der Waals surface area contributed by atoms with Crippen LogP contribution in [0.3, 0.4) is 0 Å². The van der Waals surface area contributed by atoms with E-state index in [1.165, 1.54) is 37.3 Å². The number of para-hydroxylation sites is 1. The lowest BCUT2D eigenvalue weighted by Gasteiger charge is -2.13. The highest BCUT2D eigenvalue weighted by Gasteiger charge is 2.17. The first-order chi connectivity index (χ1) is 9.29. The second kappa shape index (κ2) is 5.10. The summed E-state index contributed by atoms with van der Waals surface area (Å²) in [4.78, 5) is -0.149. The van der Waals surface area contributed by atoms with Gasteiger partial charge in [0.25, 0.3) is 0 Å². The zero-order valence-electron chi connectivity index (χ0n) is 10.6. The van der Waals surface area contributed by atoms with E-state index >= 15 is 0 Å². The van der Waals surface area contributed by atoms with Crippen LogP contribution in [0.1, 0.15) is 5.56 Å². The molecular formula is C13H13FN2O3S. The maximum absolute atomic E-state index is 13.5. The molecule has 0 radical (unpaired) electrons. The molecule has 2 aromatic carbocycles. The van der Waals surface area contributed by atoms with Crippen molar-refractivity contribution in [1.29, 1.82) is 0 Å². The molecule has 0 amide bonds. The van der Waals surface area contributed by atoms with E-state index in [1.54, 1.807) is 6.07 Å². The minimum Gasteiger partial charge on any atom is -0.454 e. The average Bonchev–Trinajstić information content (AvgIpc) is 2.34. The van der Waals surface area contributed by atoms with Gasteiger partial charge < -0.3 is 10.5 Å². The van der Waals surface area contributed by atoms with E-state index in [9.17, 15) is 12.8 Å². The Bertz CT molecular complexity index is 760. The summed E-state index contributed by atoms with van der Waals surface area (Å²) in [7, 11) is -3.93. The summed E-state index contributed by atoms with van der Waals surface area (Å²) in [6.45, 7) is 1.51. The summed E-state index contributed by atoms with van der Waals surface area (Å²) in [5, 5.41) is 5.11. The van der Waals surface area contributed by atoms with Gasteiger partial charge in [0.05, 0.1) is 4.90 Å². The van der Waals surface area contributed by atoms with E-state index in [-0.39, 0.29) is 27.6 Å². The SMILES string of the molecule is Cc1c(Oc2ccccc2F)cc(N)cc1S(N)(=O)=O.